The summed E-state index contributed by atoms with van der Waals surface area (Å²) in [4.78, 5) is 15.4. The quantitative estimate of drug-likeness (QED) is 0.522. The van der Waals surface area contributed by atoms with Gasteiger partial charge < -0.3 is 4.90 Å². The van der Waals surface area contributed by atoms with Crippen LogP contribution in [0.1, 0.15) is 42.5 Å². The largest absolute Gasteiger partial charge is 0.305 e. The van der Waals surface area contributed by atoms with Gasteiger partial charge in [-0.3, -0.25) is 4.79 Å². The van der Waals surface area contributed by atoms with Crippen molar-refractivity contribution in [2.45, 2.75) is 38.1 Å². The summed E-state index contributed by atoms with van der Waals surface area (Å²) in [6, 6.07) is 22.1. The molecule has 132 valence electrons. The average Bonchev–Trinajstić information content (AvgIpc) is 2.69. The van der Waals surface area contributed by atoms with Gasteiger partial charge in [0.05, 0.1) is 0 Å². The van der Waals surface area contributed by atoms with Crippen LogP contribution in [0.15, 0.2) is 66.7 Å². The minimum absolute atomic E-state index is 0.0591. The molecule has 1 saturated carbocycles. The number of halogens is 1. The lowest BCUT2D eigenvalue weighted by atomic mass is 9.93. The molecule has 3 aromatic carbocycles. The summed E-state index contributed by atoms with van der Waals surface area (Å²) in [5, 5.41) is 3.00. The van der Waals surface area contributed by atoms with Crippen LogP contribution in [0.5, 0.6) is 0 Å². The van der Waals surface area contributed by atoms with Gasteiger partial charge in [-0.1, -0.05) is 61.2 Å². The Bertz CT molecular complexity index is 913. The fourth-order valence-corrected chi connectivity index (χ4v) is 4.02. The van der Waals surface area contributed by atoms with Crippen molar-refractivity contribution in [2.75, 3.05) is 4.90 Å². The number of carbonyl (C=O) groups excluding carboxylic acids is 1. The number of fused-ring (bicyclic) bond motifs is 1. The summed E-state index contributed by atoms with van der Waals surface area (Å²) < 4.78 is 0. The van der Waals surface area contributed by atoms with E-state index in [1.165, 1.54) is 24.6 Å². The van der Waals surface area contributed by atoms with Crippen LogP contribution in [-0.2, 0) is 0 Å². The van der Waals surface area contributed by atoms with Crippen LogP contribution in [-0.4, -0.2) is 11.9 Å². The van der Waals surface area contributed by atoms with Gasteiger partial charge in [0.15, 0.2) is 0 Å². The van der Waals surface area contributed by atoms with Crippen molar-refractivity contribution in [1.29, 1.82) is 0 Å². The van der Waals surface area contributed by atoms with Crippen LogP contribution in [0.25, 0.3) is 10.8 Å². The Kier molecular flexibility index (Phi) is 4.94. The molecule has 0 N–H and O–H groups in total. The molecule has 0 aromatic heterocycles. The smallest absolute Gasteiger partial charge is 0.258 e. The van der Waals surface area contributed by atoms with Gasteiger partial charge >= 0.3 is 0 Å². The van der Waals surface area contributed by atoms with E-state index in [4.69, 9.17) is 11.6 Å². The molecule has 0 spiro atoms. The molecule has 26 heavy (non-hydrogen) atoms. The molecule has 0 atom stereocenters. The predicted molar refractivity (Wildman–Crippen MR) is 109 cm³/mol. The van der Waals surface area contributed by atoms with Gasteiger partial charge in [-0.15, -0.1) is 0 Å². The van der Waals surface area contributed by atoms with Gasteiger partial charge in [-0.05, 0) is 60.0 Å². The van der Waals surface area contributed by atoms with Gasteiger partial charge in [0.25, 0.3) is 5.91 Å². The molecule has 0 heterocycles. The molecule has 4 rings (SSSR count). The number of rotatable bonds is 3. The molecule has 1 aliphatic carbocycles. The molecular formula is C23H22ClNO. The second kappa shape index (κ2) is 7.51. The first-order chi connectivity index (χ1) is 12.7. The number of hydrogen-bond acceptors (Lipinski definition) is 1. The molecule has 1 amide bonds. The molecule has 1 aliphatic rings. The number of anilines is 1. The van der Waals surface area contributed by atoms with E-state index >= 15 is 0 Å². The zero-order valence-corrected chi connectivity index (χ0v) is 15.5. The molecule has 3 aromatic rings. The SMILES string of the molecule is O=C(c1ccc(Cl)cc1)N(c1ccc2ccccc2c1)C1CCCCC1. The maximum atomic E-state index is 13.4. The van der Waals surface area contributed by atoms with Crippen LogP contribution in [0.2, 0.25) is 5.02 Å². The molecular weight excluding hydrogens is 342 g/mol. The highest BCUT2D eigenvalue weighted by Gasteiger charge is 2.27. The van der Waals surface area contributed by atoms with E-state index in [9.17, 15) is 4.79 Å². The lowest BCUT2D eigenvalue weighted by Gasteiger charge is -2.34. The van der Waals surface area contributed by atoms with Gasteiger partial charge in [0.1, 0.15) is 0 Å². The van der Waals surface area contributed by atoms with Crippen molar-refractivity contribution in [2.24, 2.45) is 0 Å². The Balaban J connectivity index is 1.76. The maximum absolute atomic E-state index is 13.4. The molecule has 0 unspecified atom stereocenters. The standard InChI is InChI=1S/C23H22ClNO/c24-20-13-10-18(11-14-20)23(26)25(21-8-2-1-3-9-21)22-15-12-17-6-4-5-7-19(17)16-22/h4-7,10-16,21H,1-3,8-9H2. The average molecular weight is 364 g/mol. The van der Waals surface area contributed by atoms with E-state index in [-0.39, 0.29) is 11.9 Å². The number of benzene rings is 3. The van der Waals surface area contributed by atoms with E-state index in [1.54, 1.807) is 12.1 Å². The van der Waals surface area contributed by atoms with Crippen LogP contribution in [0.4, 0.5) is 5.69 Å². The first kappa shape index (κ1) is 17.1. The van der Waals surface area contributed by atoms with E-state index in [0.29, 0.717) is 10.6 Å². The van der Waals surface area contributed by atoms with Crippen molar-refractivity contribution in [3.8, 4) is 0 Å². The summed E-state index contributed by atoms with van der Waals surface area (Å²) in [5.74, 6) is 0.0591. The summed E-state index contributed by atoms with van der Waals surface area (Å²) in [6.07, 6.45) is 5.75. The minimum atomic E-state index is 0.0591. The molecule has 2 nitrogen and oxygen atoms in total. The Morgan fingerprint density at radius 3 is 2.27 bits per heavy atom. The molecule has 0 bridgehead atoms. The number of amides is 1. The van der Waals surface area contributed by atoms with Crippen molar-refractivity contribution in [1.82, 2.24) is 0 Å². The second-order valence-corrected chi connectivity index (χ2v) is 7.44. The Morgan fingerprint density at radius 2 is 1.54 bits per heavy atom. The lowest BCUT2D eigenvalue weighted by molar-refractivity contribution is 0.0970. The first-order valence-electron chi connectivity index (χ1n) is 9.30. The third-order valence-corrected chi connectivity index (χ3v) is 5.51. The van der Waals surface area contributed by atoms with Crippen molar-refractivity contribution in [3.05, 3.63) is 77.3 Å². The molecule has 3 heteroatoms. The Hall–Kier alpha value is -2.32. The molecule has 0 saturated heterocycles. The van der Waals surface area contributed by atoms with E-state index in [1.807, 2.05) is 29.2 Å². The van der Waals surface area contributed by atoms with Crippen LogP contribution in [0.3, 0.4) is 0 Å². The van der Waals surface area contributed by atoms with Crippen molar-refractivity contribution >= 4 is 34.0 Å². The van der Waals surface area contributed by atoms with Crippen molar-refractivity contribution < 1.29 is 4.79 Å². The minimum Gasteiger partial charge on any atom is -0.305 e. The molecule has 0 aliphatic heterocycles. The maximum Gasteiger partial charge on any atom is 0.258 e. The van der Waals surface area contributed by atoms with Gasteiger partial charge in [-0.25, -0.2) is 0 Å². The predicted octanol–water partition coefficient (Wildman–Crippen LogP) is 6.47. The van der Waals surface area contributed by atoms with Gasteiger partial charge in [0.2, 0.25) is 0 Å². The highest BCUT2D eigenvalue weighted by molar-refractivity contribution is 6.30. The summed E-state index contributed by atoms with van der Waals surface area (Å²) >= 11 is 6.00. The summed E-state index contributed by atoms with van der Waals surface area (Å²) in [5.41, 5.74) is 1.67. The van der Waals surface area contributed by atoms with Crippen LogP contribution < -0.4 is 4.90 Å². The first-order valence-corrected chi connectivity index (χ1v) is 9.68. The monoisotopic (exact) mass is 363 g/mol. The Labute approximate surface area is 159 Å². The Morgan fingerprint density at radius 1 is 0.846 bits per heavy atom. The third-order valence-electron chi connectivity index (χ3n) is 5.26. The van der Waals surface area contributed by atoms with Gasteiger partial charge in [0, 0.05) is 22.3 Å². The zero-order valence-electron chi connectivity index (χ0n) is 14.7. The third kappa shape index (κ3) is 3.47. The molecule has 1 fully saturated rings. The summed E-state index contributed by atoms with van der Waals surface area (Å²) in [7, 11) is 0. The van der Waals surface area contributed by atoms with Crippen LogP contribution >= 0.6 is 11.6 Å². The topological polar surface area (TPSA) is 20.3 Å². The lowest BCUT2D eigenvalue weighted by Crippen LogP contribution is -2.41. The fraction of sp³-hybridized carbons (Fsp3) is 0.261. The molecule has 0 radical (unpaired) electrons. The van der Waals surface area contributed by atoms with E-state index < -0.39 is 0 Å². The van der Waals surface area contributed by atoms with Crippen LogP contribution in [0, 0.1) is 0 Å². The normalized spacial score (nSPS) is 15.1. The number of nitrogens with zero attached hydrogens (tertiary/aromatic N) is 1. The van der Waals surface area contributed by atoms with Crippen molar-refractivity contribution in [3.63, 3.8) is 0 Å². The number of hydrogen-bond donors (Lipinski definition) is 0. The number of carbonyl (C=O) groups is 1. The zero-order chi connectivity index (χ0) is 17.9. The van der Waals surface area contributed by atoms with E-state index in [2.05, 4.69) is 30.3 Å². The highest BCUT2D eigenvalue weighted by Crippen LogP contribution is 2.31. The second-order valence-electron chi connectivity index (χ2n) is 7.01. The highest BCUT2D eigenvalue weighted by atomic mass is 35.5. The van der Waals surface area contributed by atoms with Gasteiger partial charge in [-0.2, -0.15) is 0 Å². The van der Waals surface area contributed by atoms with E-state index in [0.717, 1.165) is 23.9 Å². The summed E-state index contributed by atoms with van der Waals surface area (Å²) in [6.45, 7) is 0. The fourth-order valence-electron chi connectivity index (χ4n) is 3.89.